The van der Waals surface area contributed by atoms with E-state index in [9.17, 15) is 0 Å². The van der Waals surface area contributed by atoms with E-state index in [2.05, 4.69) is 0 Å². The normalized spacial score (nSPS) is 10.9. The summed E-state index contributed by atoms with van der Waals surface area (Å²) in [5.74, 6) is 0.274. The standard InChI is InChI=1S/C13H5Cl7O/c1-21-13-7(16)3-5(14)8(11(13)19)4-2-6(15)10(18)12(20)9(4)17/h2-3H,1H3. The molecule has 0 aliphatic carbocycles. The quantitative estimate of drug-likeness (QED) is 0.351. The van der Waals surface area contributed by atoms with Gasteiger partial charge < -0.3 is 4.74 Å². The van der Waals surface area contributed by atoms with Crippen molar-refractivity contribution in [1.29, 1.82) is 0 Å². The lowest BCUT2D eigenvalue weighted by atomic mass is 10.0. The van der Waals surface area contributed by atoms with Gasteiger partial charge in [0.15, 0.2) is 5.75 Å². The van der Waals surface area contributed by atoms with Crippen LogP contribution in [0.15, 0.2) is 12.1 Å². The van der Waals surface area contributed by atoms with Gasteiger partial charge in [-0.15, -0.1) is 0 Å². The third-order valence-corrected chi connectivity index (χ3v) is 5.40. The Hall–Kier alpha value is 0.270. The maximum absolute atomic E-state index is 6.30. The van der Waals surface area contributed by atoms with Gasteiger partial charge in [0.2, 0.25) is 0 Å². The Kier molecular flexibility index (Phi) is 5.71. The Morgan fingerprint density at radius 2 is 1.29 bits per heavy atom. The molecule has 8 heteroatoms. The molecule has 0 aliphatic rings. The average Bonchev–Trinajstić information content (AvgIpc) is 2.42. The monoisotopic (exact) mass is 422 g/mol. The van der Waals surface area contributed by atoms with Crippen LogP contribution in [-0.2, 0) is 0 Å². The van der Waals surface area contributed by atoms with Crippen LogP contribution < -0.4 is 4.74 Å². The molecular formula is C13H5Cl7O. The van der Waals surface area contributed by atoms with E-state index in [0.717, 1.165) is 0 Å². The third-order valence-electron chi connectivity index (χ3n) is 2.70. The second kappa shape index (κ2) is 6.80. The van der Waals surface area contributed by atoms with E-state index >= 15 is 0 Å². The van der Waals surface area contributed by atoms with Crippen LogP contribution in [0.25, 0.3) is 11.1 Å². The molecule has 0 fully saturated rings. The van der Waals surface area contributed by atoms with Crippen molar-refractivity contribution in [3.8, 4) is 16.9 Å². The molecule has 0 saturated carbocycles. The van der Waals surface area contributed by atoms with Gasteiger partial charge in [0, 0.05) is 11.1 Å². The summed E-state index contributed by atoms with van der Waals surface area (Å²) in [4.78, 5) is 0. The van der Waals surface area contributed by atoms with Gasteiger partial charge in [0.25, 0.3) is 0 Å². The number of ether oxygens (including phenoxy) is 1. The summed E-state index contributed by atoms with van der Waals surface area (Å²) in [5.41, 5.74) is 0.839. The molecule has 1 nitrogen and oxygen atoms in total. The Morgan fingerprint density at radius 1 is 0.667 bits per heavy atom. The molecule has 0 unspecified atom stereocenters. The largest absolute Gasteiger partial charge is 0.494 e. The van der Waals surface area contributed by atoms with Crippen molar-refractivity contribution in [1.82, 2.24) is 0 Å². The van der Waals surface area contributed by atoms with Crippen molar-refractivity contribution in [2.24, 2.45) is 0 Å². The van der Waals surface area contributed by atoms with Crippen molar-refractivity contribution in [3.63, 3.8) is 0 Å². The summed E-state index contributed by atoms with van der Waals surface area (Å²) in [7, 11) is 1.44. The minimum absolute atomic E-state index is 0.113. The number of halogens is 7. The molecule has 0 aromatic heterocycles. The van der Waals surface area contributed by atoms with Crippen LogP contribution >= 0.6 is 81.2 Å². The van der Waals surface area contributed by atoms with Gasteiger partial charge in [-0.2, -0.15) is 0 Å². The topological polar surface area (TPSA) is 9.23 Å². The van der Waals surface area contributed by atoms with E-state index in [1.54, 1.807) is 0 Å². The van der Waals surface area contributed by atoms with Crippen LogP contribution in [0, 0.1) is 0 Å². The van der Waals surface area contributed by atoms with Crippen LogP contribution in [0.5, 0.6) is 5.75 Å². The highest BCUT2D eigenvalue weighted by Gasteiger charge is 2.22. The lowest BCUT2D eigenvalue weighted by Gasteiger charge is -2.15. The van der Waals surface area contributed by atoms with Gasteiger partial charge in [-0.1, -0.05) is 81.2 Å². The molecule has 21 heavy (non-hydrogen) atoms. The van der Waals surface area contributed by atoms with E-state index in [4.69, 9.17) is 85.9 Å². The highest BCUT2D eigenvalue weighted by molar-refractivity contribution is 6.53. The average molecular weight is 425 g/mol. The van der Waals surface area contributed by atoms with E-state index in [1.165, 1.54) is 19.2 Å². The molecule has 0 bridgehead atoms. The highest BCUT2D eigenvalue weighted by Crippen LogP contribution is 2.50. The molecule has 2 aromatic rings. The summed E-state index contributed by atoms with van der Waals surface area (Å²) < 4.78 is 5.16. The minimum atomic E-state index is 0.113. The number of benzene rings is 2. The van der Waals surface area contributed by atoms with Crippen LogP contribution in [-0.4, -0.2) is 7.11 Å². The zero-order valence-corrected chi connectivity index (χ0v) is 15.5. The molecule has 0 amide bonds. The molecule has 0 atom stereocenters. The van der Waals surface area contributed by atoms with E-state index in [0.29, 0.717) is 11.1 Å². The smallest absolute Gasteiger partial charge is 0.156 e. The van der Waals surface area contributed by atoms with Gasteiger partial charge in [-0.25, -0.2) is 0 Å². The maximum atomic E-state index is 6.30. The summed E-state index contributed by atoms with van der Waals surface area (Å²) in [6.45, 7) is 0. The molecule has 0 N–H and O–H groups in total. The van der Waals surface area contributed by atoms with Gasteiger partial charge in [0.1, 0.15) is 0 Å². The first kappa shape index (κ1) is 17.6. The SMILES string of the molecule is COc1c(Cl)cc(Cl)c(-c2cc(Cl)c(Cl)c(Cl)c2Cl)c1Cl. The van der Waals surface area contributed by atoms with Crippen LogP contribution in [0.2, 0.25) is 35.2 Å². The first-order valence-corrected chi connectivity index (χ1v) is 7.99. The number of rotatable bonds is 2. The predicted octanol–water partition coefficient (Wildman–Crippen LogP) is 7.94. The minimum Gasteiger partial charge on any atom is -0.494 e. The molecule has 0 heterocycles. The van der Waals surface area contributed by atoms with Crippen molar-refractivity contribution in [2.75, 3.05) is 7.11 Å². The second-order valence-corrected chi connectivity index (χ2v) is 6.64. The van der Waals surface area contributed by atoms with Crippen molar-refractivity contribution in [2.45, 2.75) is 0 Å². The Morgan fingerprint density at radius 3 is 1.86 bits per heavy atom. The molecular weight excluding hydrogens is 420 g/mol. The van der Waals surface area contributed by atoms with E-state index in [-0.39, 0.29) is 40.9 Å². The summed E-state index contributed by atoms with van der Waals surface area (Å²) in [5, 5.41) is 1.43. The molecule has 112 valence electrons. The van der Waals surface area contributed by atoms with Crippen molar-refractivity contribution < 1.29 is 4.74 Å². The second-order valence-electron chi connectivity index (χ2n) is 3.91. The summed E-state index contributed by atoms with van der Waals surface area (Å²) in [6, 6.07) is 3.02. The van der Waals surface area contributed by atoms with Gasteiger partial charge in [0.05, 0.1) is 42.3 Å². The lowest BCUT2D eigenvalue weighted by Crippen LogP contribution is -1.92. The van der Waals surface area contributed by atoms with Gasteiger partial charge >= 0.3 is 0 Å². The number of methoxy groups -OCH3 is 1. The predicted molar refractivity (Wildman–Crippen MR) is 93.5 cm³/mol. The number of hydrogen-bond acceptors (Lipinski definition) is 1. The zero-order valence-electron chi connectivity index (χ0n) is 10.2. The van der Waals surface area contributed by atoms with Crippen molar-refractivity contribution in [3.05, 3.63) is 47.3 Å². The zero-order chi connectivity index (χ0) is 15.9. The first-order valence-electron chi connectivity index (χ1n) is 5.34. The highest BCUT2D eigenvalue weighted by atomic mass is 35.5. The van der Waals surface area contributed by atoms with Crippen LogP contribution in [0.4, 0.5) is 0 Å². The van der Waals surface area contributed by atoms with E-state index in [1.807, 2.05) is 0 Å². The molecule has 2 aromatic carbocycles. The Labute approximate surface area is 156 Å². The molecule has 2 rings (SSSR count). The third kappa shape index (κ3) is 3.16. The maximum Gasteiger partial charge on any atom is 0.156 e. The van der Waals surface area contributed by atoms with Crippen LogP contribution in [0.3, 0.4) is 0 Å². The molecule has 0 saturated heterocycles. The fraction of sp³-hybridized carbons (Fsp3) is 0.0769. The molecule has 0 spiro atoms. The lowest BCUT2D eigenvalue weighted by molar-refractivity contribution is 0.415. The Bertz CT molecular complexity index is 727. The summed E-state index contributed by atoms with van der Waals surface area (Å²) >= 11 is 42.8. The molecule has 0 aliphatic heterocycles. The number of hydrogen-bond donors (Lipinski definition) is 0. The van der Waals surface area contributed by atoms with Gasteiger partial charge in [-0.05, 0) is 12.1 Å². The van der Waals surface area contributed by atoms with Crippen molar-refractivity contribution >= 4 is 81.2 Å². The summed E-state index contributed by atoms with van der Waals surface area (Å²) in [6.07, 6.45) is 0. The fourth-order valence-corrected chi connectivity index (χ4v) is 3.78. The Balaban J connectivity index is 2.86. The fourth-order valence-electron chi connectivity index (χ4n) is 1.76. The first-order chi connectivity index (χ1) is 9.79. The van der Waals surface area contributed by atoms with E-state index < -0.39 is 0 Å². The van der Waals surface area contributed by atoms with Gasteiger partial charge in [-0.3, -0.25) is 0 Å². The van der Waals surface area contributed by atoms with Crippen LogP contribution in [0.1, 0.15) is 0 Å². The molecule has 0 radical (unpaired) electrons.